The van der Waals surface area contributed by atoms with Gasteiger partial charge in [0.2, 0.25) is 10.0 Å². The van der Waals surface area contributed by atoms with Gasteiger partial charge in [0.15, 0.2) is 0 Å². The van der Waals surface area contributed by atoms with Gasteiger partial charge in [0.05, 0.1) is 11.3 Å². The van der Waals surface area contributed by atoms with E-state index >= 15 is 0 Å². The second-order valence-electron chi connectivity index (χ2n) is 4.11. The van der Waals surface area contributed by atoms with Crippen molar-refractivity contribution in [2.24, 2.45) is 5.73 Å². The van der Waals surface area contributed by atoms with E-state index in [0.717, 1.165) is 11.3 Å². The minimum Gasteiger partial charge on any atom is -0.491 e. The molecule has 0 radical (unpaired) electrons. The highest BCUT2D eigenvalue weighted by atomic mass is 32.2. The van der Waals surface area contributed by atoms with E-state index in [1.54, 1.807) is 6.92 Å². The van der Waals surface area contributed by atoms with Crippen LogP contribution in [0, 0.1) is 0 Å². The third-order valence-electron chi connectivity index (χ3n) is 2.87. The van der Waals surface area contributed by atoms with Crippen LogP contribution in [0.5, 0.6) is 5.75 Å². The van der Waals surface area contributed by atoms with Crippen LogP contribution >= 0.6 is 0 Å². The van der Waals surface area contributed by atoms with Crippen molar-refractivity contribution in [1.29, 1.82) is 0 Å². The van der Waals surface area contributed by atoms with E-state index < -0.39 is 15.3 Å². The Morgan fingerprint density at radius 2 is 2.24 bits per heavy atom. The number of para-hydroxylation sites is 1. The van der Waals surface area contributed by atoms with Crippen LogP contribution in [0.4, 0.5) is 0 Å². The largest absolute Gasteiger partial charge is 0.491 e. The number of nitrogens with two attached hydrogens (primary N) is 1. The lowest BCUT2D eigenvalue weighted by Gasteiger charge is -2.16. The van der Waals surface area contributed by atoms with Crippen molar-refractivity contribution < 1.29 is 13.2 Å². The molecule has 5 nitrogen and oxygen atoms in total. The summed E-state index contributed by atoms with van der Waals surface area (Å²) in [5.41, 5.74) is 6.25. The van der Waals surface area contributed by atoms with Crippen molar-refractivity contribution in [3.05, 3.63) is 29.8 Å². The Labute approximate surface area is 101 Å². The van der Waals surface area contributed by atoms with E-state index in [0.29, 0.717) is 6.61 Å². The van der Waals surface area contributed by atoms with Gasteiger partial charge in [-0.1, -0.05) is 18.2 Å². The molecule has 94 valence electrons. The predicted octanol–water partition coefficient (Wildman–Crippen LogP) is 0.387. The quantitative estimate of drug-likeness (QED) is 0.816. The van der Waals surface area contributed by atoms with Gasteiger partial charge >= 0.3 is 0 Å². The molecule has 0 aliphatic carbocycles. The molecule has 0 aromatic heterocycles. The van der Waals surface area contributed by atoms with Crippen molar-refractivity contribution in [2.75, 3.05) is 13.2 Å². The SMILES string of the molecule is CC(CN)S(=O)(=O)NC1COc2ccccc21. The number of hydrogen-bond donors (Lipinski definition) is 2. The average molecular weight is 256 g/mol. The Hall–Kier alpha value is -1.11. The molecule has 1 aromatic carbocycles. The first-order valence-corrected chi connectivity index (χ1v) is 7.02. The summed E-state index contributed by atoms with van der Waals surface area (Å²) in [6.07, 6.45) is 0. The zero-order chi connectivity index (χ0) is 12.5. The molecule has 0 amide bonds. The minimum absolute atomic E-state index is 0.102. The smallest absolute Gasteiger partial charge is 0.216 e. The van der Waals surface area contributed by atoms with Crippen molar-refractivity contribution in [3.63, 3.8) is 0 Å². The fourth-order valence-corrected chi connectivity index (χ4v) is 2.78. The molecular formula is C11H16N2O3S. The molecule has 0 saturated heterocycles. The molecule has 0 spiro atoms. The Morgan fingerprint density at radius 3 is 2.94 bits per heavy atom. The van der Waals surface area contributed by atoms with Crippen LogP contribution in [-0.2, 0) is 10.0 Å². The molecule has 0 fully saturated rings. The molecule has 0 bridgehead atoms. The summed E-state index contributed by atoms with van der Waals surface area (Å²) in [5.74, 6) is 0.737. The lowest BCUT2D eigenvalue weighted by atomic mass is 10.1. The molecular weight excluding hydrogens is 240 g/mol. The monoisotopic (exact) mass is 256 g/mol. The number of ether oxygens (including phenoxy) is 1. The lowest BCUT2D eigenvalue weighted by molar-refractivity contribution is 0.325. The van der Waals surface area contributed by atoms with Crippen LogP contribution < -0.4 is 15.2 Å². The fraction of sp³-hybridized carbons (Fsp3) is 0.455. The van der Waals surface area contributed by atoms with Crippen LogP contribution in [-0.4, -0.2) is 26.8 Å². The molecule has 1 aliphatic rings. The topological polar surface area (TPSA) is 81.4 Å². The number of nitrogens with one attached hydrogen (secondary N) is 1. The Morgan fingerprint density at radius 1 is 1.53 bits per heavy atom. The van der Waals surface area contributed by atoms with Gasteiger partial charge in [-0.15, -0.1) is 0 Å². The number of fused-ring (bicyclic) bond motifs is 1. The first kappa shape index (κ1) is 12.3. The maximum absolute atomic E-state index is 11.9. The molecule has 0 saturated carbocycles. The molecule has 2 unspecified atom stereocenters. The van der Waals surface area contributed by atoms with E-state index in [-0.39, 0.29) is 12.6 Å². The Bertz CT molecular complexity index is 501. The highest BCUT2D eigenvalue weighted by Gasteiger charge is 2.29. The highest BCUT2D eigenvalue weighted by molar-refractivity contribution is 7.90. The van der Waals surface area contributed by atoms with Gasteiger partial charge in [-0.25, -0.2) is 13.1 Å². The third-order valence-corrected chi connectivity index (χ3v) is 4.73. The van der Waals surface area contributed by atoms with Crippen molar-refractivity contribution >= 4 is 10.0 Å². The van der Waals surface area contributed by atoms with Crippen LogP contribution in [0.1, 0.15) is 18.5 Å². The van der Waals surface area contributed by atoms with Crippen LogP contribution in [0.2, 0.25) is 0 Å². The molecule has 17 heavy (non-hydrogen) atoms. The first-order chi connectivity index (χ1) is 8.04. The van der Waals surface area contributed by atoms with Crippen LogP contribution in [0.3, 0.4) is 0 Å². The fourth-order valence-electron chi connectivity index (χ4n) is 1.70. The van der Waals surface area contributed by atoms with Gasteiger partial charge in [-0.2, -0.15) is 0 Å². The predicted molar refractivity (Wildman–Crippen MR) is 65.2 cm³/mol. The summed E-state index contributed by atoms with van der Waals surface area (Å²) < 4.78 is 31.8. The lowest BCUT2D eigenvalue weighted by Crippen LogP contribution is -2.39. The third kappa shape index (κ3) is 2.43. The molecule has 2 rings (SSSR count). The highest BCUT2D eigenvalue weighted by Crippen LogP contribution is 2.32. The maximum Gasteiger partial charge on any atom is 0.216 e. The van der Waals surface area contributed by atoms with Crippen LogP contribution in [0.25, 0.3) is 0 Å². The number of benzene rings is 1. The van der Waals surface area contributed by atoms with Crippen LogP contribution in [0.15, 0.2) is 24.3 Å². The van der Waals surface area contributed by atoms with Gasteiger partial charge in [0.25, 0.3) is 0 Å². The minimum atomic E-state index is -3.39. The van der Waals surface area contributed by atoms with E-state index in [1.807, 2.05) is 24.3 Å². The zero-order valence-corrected chi connectivity index (χ0v) is 10.4. The summed E-state index contributed by atoms with van der Waals surface area (Å²) in [6, 6.07) is 7.10. The summed E-state index contributed by atoms with van der Waals surface area (Å²) in [4.78, 5) is 0. The van der Waals surface area contributed by atoms with Gasteiger partial charge in [-0.05, 0) is 13.0 Å². The number of hydrogen-bond acceptors (Lipinski definition) is 4. The van der Waals surface area contributed by atoms with E-state index in [1.165, 1.54) is 0 Å². The zero-order valence-electron chi connectivity index (χ0n) is 9.59. The maximum atomic E-state index is 11.9. The summed E-state index contributed by atoms with van der Waals surface area (Å²) in [6.45, 7) is 2.02. The Balaban J connectivity index is 2.18. The van der Waals surface area contributed by atoms with Gasteiger partial charge < -0.3 is 10.5 Å². The number of sulfonamides is 1. The average Bonchev–Trinajstić information content (AvgIpc) is 2.71. The van der Waals surface area contributed by atoms with Crippen molar-refractivity contribution in [1.82, 2.24) is 4.72 Å². The molecule has 1 aromatic rings. The summed E-state index contributed by atoms with van der Waals surface area (Å²) in [7, 11) is -3.39. The molecule has 1 heterocycles. The normalized spacial score (nSPS) is 20.7. The number of rotatable bonds is 4. The van der Waals surface area contributed by atoms with Crippen molar-refractivity contribution in [3.8, 4) is 5.75 Å². The van der Waals surface area contributed by atoms with E-state index in [9.17, 15) is 8.42 Å². The molecule has 1 aliphatic heterocycles. The van der Waals surface area contributed by atoms with E-state index in [4.69, 9.17) is 10.5 Å². The molecule has 6 heteroatoms. The molecule has 3 N–H and O–H groups in total. The second-order valence-corrected chi connectivity index (χ2v) is 6.24. The Kier molecular flexibility index (Phi) is 3.37. The van der Waals surface area contributed by atoms with Gasteiger partial charge in [0, 0.05) is 12.1 Å². The first-order valence-electron chi connectivity index (χ1n) is 5.47. The second kappa shape index (κ2) is 4.64. The summed E-state index contributed by atoms with van der Waals surface area (Å²) >= 11 is 0. The van der Waals surface area contributed by atoms with Gasteiger partial charge in [-0.3, -0.25) is 0 Å². The van der Waals surface area contributed by atoms with Crippen molar-refractivity contribution in [2.45, 2.75) is 18.2 Å². The molecule has 2 atom stereocenters. The summed E-state index contributed by atoms with van der Waals surface area (Å²) in [5, 5.41) is -0.602. The van der Waals surface area contributed by atoms with E-state index in [2.05, 4.69) is 4.72 Å². The van der Waals surface area contributed by atoms with Gasteiger partial charge in [0.1, 0.15) is 12.4 Å². The standard InChI is InChI=1S/C11H16N2O3S/c1-8(6-12)17(14,15)13-10-7-16-11-5-3-2-4-9(10)11/h2-5,8,10,13H,6-7,12H2,1H3.